The van der Waals surface area contributed by atoms with E-state index in [-0.39, 0.29) is 6.10 Å². The zero-order valence-electron chi connectivity index (χ0n) is 14.8. The first-order valence-electron chi connectivity index (χ1n) is 9.40. The number of ether oxygens (including phenoxy) is 3. The molecular weight excluding hydrogens is 366 g/mol. The number of aliphatic hydroxyl groups is 2. The second kappa shape index (κ2) is 12.7. The molecule has 0 aromatic rings. The summed E-state index contributed by atoms with van der Waals surface area (Å²) in [4.78, 5) is 2.65. The van der Waals surface area contributed by atoms with Crippen molar-refractivity contribution in [1.29, 1.82) is 0 Å². The standard InChI is InChI=1S/C17H32ClNO5S/c18-19-8-5-3-1-2-4-6-11-25-12-13-16-14(20)15(21)17(24-13)23-10-7-9-22-16/h13-17,19-21H,1-12H2. The van der Waals surface area contributed by atoms with Gasteiger partial charge in [0.25, 0.3) is 0 Å². The number of hydrogen-bond acceptors (Lipinski definition) is 7. The van der Waals surface area contributed by atoms with Crippen molar-refractivity contribution in [3.05, 3.63) is 0 Å². The Kier molecular flexibility index (Phi) is 11.0. The van der Waals surface area contributed by atoms with E-state index in [0.717, 1.165) is 30.9 Å². The highest BCUT2D eigenvalue weighted by atomic mass is 35.5. The van der Waals surface area contributed by atoms with Gasteiger partial charge in [0.2, 0.25) is 0 Å². The van der Waals surface area contributed by atoms with Crippen LogP contribution in [0.1, 0.15) is 44.9 Å². The Labute approximate surface area is 160 Å². The van der Waals surface area contributed by atoms with Gasteiger partial charge in [-0.2, -0.15) is 11.8 Å². The van der Waals surface area contributed by atoms with Crippen LogP contribution in [0.4, 0.5) is 0 Å². The Balaban J connectivity index is 1.60. The molecule has 0 spiro atoms. The fraction of sp³-hybridized carbons (Fsp3) is 1.00. The Morgan fingerprint density at radius 3 is 2.48 bits per heavy atom. The smallest absolute Gasteiger partial charge is 0.186 e. The largest absolute Gasteiger partial charge is 0.387 e. The summed E-state index contributed by atoms with van der Waals surface area (Å²) in [5.74, 6) is 1.82. The van der Waals surface area contributed by atoms with Crippen LogP contribution in [-0.2, 0) is 14.2 Å². The lowest BCUT2D eigenvalue weighted by Crippen LogP contribution is -2.59. The van der Waals surface area contributed by atoms with E-state index in [4.69, 9.17) is 26.0 Å². The number of thioether (sulfide) groups is 1. The number of rotatable bonds is 11. The van der Waals surface area contributed by atoms with Crippen molar-refractivity contribution in [2.45, 2.75) is 75.7 Å². The SMILES string of the molecule is OC1C2OCCCOC(C(CSCCCCCCCCNCl)O2)C1O. The lowest BCUT2D eigenvalue weighted by Gasteiger charge is -2.41. The minimum Gasteiger partial charge on any atom is -0.387 e. The van der Waals surface area contributed by atoms with Crippen LogP contribution in [0.25, 0.3) is 0 Å². The molecule has 0 aromatic carbocycles. The molecule has 0 saturated carbocycles. The van der Waals surface area contributed by atoms with E-state index in [1.807, 2.05) is 11.8 Å². The van der Waals surface area contributed by atoms with Crippen LogP contribution in [0.15, 0.2) is 0 Å². The molecule has 8 heteroatoms. The van der Waals surface area contributed by atoms with Crippen molar-refractivity contribution in [1.82, 2.24) is 4.84 Å². The Bertz CT molecular complexity index is 353. The van der Waals surface area contributed by atoms with Gasteiger partial charge in [0, 0.05) is 18.9 Å². The lowest BCUT2D eigenvalue weighted by atomic mass is 10.00. The number of fused-ring (bicyclic) bond motifs is 6. The molecule has 3 N–H and O–H groups in total. The van der Waals surface area contributed by atoms with Gasteiger partial charge in [0.05, 0.1) is 12.7 Å². The molecule has 25 heavy (non-hydrogen) atoms. The Morgan fingerprint density at radius 2 is 1.68 bits per heavy atom. The van der Waals surface area contributed by atoms with E-state index in [1.54, 1.807) is 0 Å². The van der Waals surface area contributed by atoms with Crippen LogP contribution in [0.5, 0.6) is 0 Å². The maximum absolute atomic E-state index is 10.3. The highest BCUT2D eigenvalue weighted by Gasteiger charge is 2.46. The summed E-state index contributed by atoms with van der Waals surface area (Å²) in [6, 6.07) is 0. The maximum atomic E-state index is 10.3. The molecule has 2 bridgehead atoms. The quantitative estimate of drug-likeness (QED) is 0.363. The molecule has 3 heterocycles. The topological polar surface area (TPSA) is 80.2 Å². The number of nitrogens with one attached hydrogen (secondary N) is 1. The number of unbranched alkanes of at least 4 members (excludes halogenated alkanes) is 5. The summed E-state index contributed by atoms with van der Waals surface area (Å²) in [7, 11) is 0. The summed E-state index contributed by atoms with van der Waals surface area (Å²) in [5.41, 5.74) is 0. The second-order valence-corrected chi connectivity index (χ2v) is 8.08. The van der Waals surface area contributed by atoms with Crippen molar-refractivity contribution in [3.63, 3.8) is 0 Å². The maximum Gasteiger partial charge on any atom is 0.186 e. The first kappa shape index (κ1) is 21.7. The highest BCUT2D eigenvalue weighted by molar-refractivity contribution is 7.99. The van der Waals surface area contributed by atoms with Gasteiger partial charge in [0.15, 0.2) is 6.29 Å². The zero-order chi connectivity index (χ0) is 17.9. The third-order valence-corrected chi connectivity index (χ3v) is 5.94. The lowest BCUT2D eigenvalue weighted by molar-refractivity contribution is -0.289. The van der Waals surface area contributed by atoms with Crippen molar-refractivity contribution in [2.24, 2.45) is 0 Å². The van der Waals surface area contributed by atoms with E-state index in [0.29, 0.717) is 13.2 Å². The van der Waals surface area contributed by atoms with Crippen LogP contribution in [0.2, 0.25) is 0 Å². The zero-order valence-corrected chi connectivity index (χ0v) is 16.3. The van der Waals surface area contributed by atoms with E-state index in [9.17, 15) is 10.2 Å². The predicted molar refractivity (Wildman–Crippen MR) is 99.9 cm³/mol. The first-order chi connectivity index (χ1) is 12.2. The predicted octanol–water partition coefficient (Wildman–Crippen LogP) is 2.06. The van der Waals surface area contributed by atoms with Crippen LogP contribution in [0.3, 0.4) is 0 Å². The average Bonchev–Trinajstić information content (AvgIpc) is 2.75. The van der Waals surface area contributed by atoms with Crippen LogP contribution in [0, 0.1) is 0 Å². The van der Waals surface area contributed by atoms with Crippen LogP contribution in [-0.4, -0.2) is 72.2 Å². The molecular formula is C17H32ClNO5S. The Hall–Kier alpha value is 0.400. The molecule has 148 valence electrons. The van der Waals surface area contributed by atoms with Gasteiger partial charge in [-0.05, 0) is 36.8 Å². The fourth-order valence-corrected chi connectivity index (χ4v) is 4.37. The molecule has 0 aromatic heterocycles. The highest BCUT2D eigenvalue weighted by Crippen LogP contribution is 2.28. The van der Waals surface area contributed by atoms with Gasteiger partial charge in [0.1, 0.15) is 18.3 Å². The van der Waals surface area contributed by atoms with E-state index >= 15 is 0 Å². The van der Waals surface area contributed by atoms with E-state index in [2.05, 4.69) is 4.84 Å². The average molecular weight is 398 g/mol. The molecule has 3 saturated heterocycles. The van der Waals surface area contributed by atoms with E-state index < -0.39 is 24.6 Å². The molecule has 6 nitrogen and oxygen atoms in total. The normalized spacial score (nSPS) is 33.0. The first-order valence-corrected chi connectivity index (χ1v) is 10.9. The molecule has 0 amide bonds. The molecule has 3 aliphatic rings. The number of aliphatic hydroxyl groups excluding tert-OH is 2. The monoisotopic (exact) mass is 397 g/mol. The summed E-state index contributed by atoms with van der Waals surface area (Å²) in [6.07, 6.45) is 4.58. The molecule has 3 rings (SSSR count). The van der Waals surface area contributed by atoms with Crippen LogP contribution < -0.4 is 4.84 Å². The van der Waals surface area contributed by atoms with Gasteiger partial charge < -0.3 is 24.4 Å². The molecule has 3 fully saturated rings. The molecule has 0 aliphatic carbocycles. The third kappa shape index (κ3) is 7.50. The van der Waals surface area contributed by atoms with Crippen molar-refractivity contribution in [3.8, 4) is 0 Å². The summed E-state index contributed by atoms with van der Waals surface area (Å²) < 4.78 is 17.1. The van der Waals surface area contributed by atoms with Crippen molar-refractivity contribution < 1.29 is 24.4 Å². The Morgan fingerprint density at radius 1 is 0.960 bits per heavy atom. The van der Waals surface area contributed by atoms with Crippen molar-refractivity contribution in [2.75, 3.05) is 31.3 Å². The summed E-state index contributed by atoms with van der Waals surface area (Å²) in [6.45, 7) is 1.88. The van der Waals surface area contributed by atoms with E-state index in [1.165, 1.54) is 32.1 Å². The third-order valence-electron chi connectivity index (χ3n) is 4.61. The fourth-order valence-electron chi connectivity index (χ4n) is 3.16. The molecule has 0 radical (unpaired) electrons. The minimum absolute atomic E-state index is 0.241. The van der Waals surface area contributed by atoms with Crippen LogP contribution >= 0.6 is 23.5 Å². The molecule has 5 atom stereocenters. The molecule has 3 aliphatic heterocycles. The van der Waals surface area contributed by atoms with Gasteiger partial charge in [-0.3, -0.25) is 0 Å². The van der Waals surface area contributed by atoms with Crippen molar-refractivity contribution >= 4 is 23.5 Å². The van der Waals surface area contributed by atoms with Gasteiger partial charge in [-0.1, -0.05) is 25.7 Å². The number of halogens is 1. The minimum atomic E-state index is -1.04. The second-order valence-electron chi connectivity index (χ2n) is 6.66. The van der Waals surface area contributed by atoms with Gasteiger partial charge >= 0.3 is 0 Å². The summed E-state index contributed by atoms with van der Waals surface area (Å²) >= 11 is 7.24. The molecule has 5 unspecified atom stereocenters. The summed E-state index contributed by atoms with van der Waals surface area (Å²) in [5, 5.41) is 20.3. The van der Waals surface area contributed by atoms with Gasteiger partial charge in [-0.25, -0.2) is 4.84 Å². The number of hydrogen-bond donors (Lipinski definition) is 3. The van der Waals surface area contributed by atoms with Gasteiger partial charge in [-0.15, -0.1) is 0 Å².